The maximum Gasteiger partial charge on any atom is 0.417 e. The van der Waals surface area contributed by atoms with Crippen molar-refractivity contribution >= 4 is 15.7 Å². The Balaban J connectivity index is 1.76. The third kappa shape index (κ3) is 2.27. The van der Waals surface area contributed by atoms with Crippen LogP contribution in [0.1, 0.15) is 24.0 Å². The lowest BCUT2D eigenvalue weighted by Crippen LogP contribution is -2.38. The van der Waals surface area contributed by atoms with Gasteiger partial charge in [-0.05, 0) is 42.9 Å². The van der Waals surface area contributed by atoms with Crippen molar-refractivity contribution in [2.24, 2.45) is 17.8 Å². The molecule has 1 saturated heterocycles. The monoisotopic (exact) mass is 372 g/mol. The lowest BCUT2D eigenvalue weighted by molar-refractivity contribution is -0.137. The van der Waals surface area contributed by atoms with Crippen molar-refractivity contribution in [2.75, 3.05) is 10.8 Å². The average molecular weight is 372 g/mol. The van der Waals surface area contributed by atoms with Crippen LogP contribution in [-0.4, -0.2) is 31.4 Å². The van der Waals surface area contributed by atoms with Crippen molar-refractivity contribution in [1.29, 1.82) is 5.26 Å². The van der Waals surface area contributed by atoms with Crippen molar-refractivity contribution in [2.45, 2.75) is 30.4 Å². The lowest BCUT2D eigenvalue weighted by Gasteiger charge is -2.26. The van der Waals surface area contributed by atoms with Gasteiger partial charge in [-0.3, -0.25) is 4.31 Å². The van der Waals surface area contributed by atoms with Crippen LogP contribution in [0.5, 0.6) is 0 Å². The molecule has 1 aromatic rings. The zero-order valence-electron chi connectivity index (χ0n) is 12.9. The third-order valence-electron chi connectivity index (χ3n) is 5.81. The van der Waals surface area contributed by atoms with Gasteiger partial charge in [-0.2, -0.15) is 18.4 Å². The maximum absolute atomic E-state index is 13.2. The summed E-state index contributed by atoms with van der Waals surface area (Å²) in [5.74, 6) is -0.418. The van der Waals surface area contributed by atoms with Gasteiger partial charge >= 0.3 is 6.18 Å². The third-order valence-corrected chi connectivity index (χ3v) is 8.17. The lowest BCUT2D eigenvalue weighted by atomic mass is 9.87. The van der Waals surface area contributed by atoms with E-state index in [2.05, 4.69) is 0 Å². The molecule has 0 radical (unpaired) electrons. The molecule has 4 rings (SSSR count). The van der Waals surface area contributed by atoms with Crippen LogP contribution in [0.15, 0.2) is 18.2 Å². The van der Waals surface area contributed by atoms with E-state index in [1.165, 1.54) is 12.1 Å². The first-order valence-corrected chi connectivity index (χ1v) is 9.46. The van der Waals surface area contributed by atoms with Crippen LogP contribution in [0.3, 0.4) is 0 Å². The van der Waals surface area contributed by atoms with E-state index >= 15 is 0 Å². The first-order valence-electron chi connectivity index (χ1n) is 7.95. The minimum Gasteiger partial charge on any atom is -0.393 e. The smallest absolute Gasteiger partial charge is 0.393 e. The second-order valence-corrected chi connectivity index (χ2v) is 9.02. The summed E-state index contributed by atoms with van der Waals surface area (Å²) < 4.78 is 66.3. The van der Waals surface area contributed by atoms with E-state index in [-0.39, 0.29) is 30.0 Å². The van der Waals surface area contributed by atoms with Gasteiger partial charge in [0.05, 0.1) is 34.2 Å². The number of nitriles is 1. The van der Waals surface area contributed by atoms with Gasteiger partial charge < -0.3 is 5.11 Å². The summed E-state index contributed by atoms with van der Waals surface area (Å²) in [4.78, 5) is 0. The van der Waals surface area contributed by atoms with Gasteiger partial charge in [0.2, 0.25) is 10.0 Å². The first-order chi connectivity index (χ1) is 11.6. The Morgan fingerprint density at radius 2 is 1.96 bits per heavy atom. The number of nitrogens with zero attached hydrogens (tertiary/aromatic N) is 2. The van der Waals surface area contributed by atoms with Gasteiger partial charge in [0.25, 0.3) is 0 Å². The number of anilines is 1. The van der Waals surface area contributed by atoms with Crippen molar-refractivity contribution < 1.29 is 26.7 Å². The van der Waals surface area contributed by atoms with Gasteiger partial charge in [0, 0.05) is 12.5 Å². The molecule has 25 heavy (non-hydrogen) atoms. The van der Waals surface area contributed by atoms with Gasteiger partial charge in [-0.1, -0.05) is 0 Å². The predicted octanol–water partition coefficient (Wildman–Crippen LogP) is 2.11. The number of halogens is 3. The van der Waals surface area contributed by atoms with Gasteiger partial charge in [-0.25, -0.2) is 8.42 Å². The molecule has 0 unspecified atom stereocenters. The molecule has 5 atom stereocenters. The van der Waals surface area contributed by atoms with E-state index in [9.17, 15) is 26.7 Å². The second-order valence-electron chi connectivity index (χ2n) is 7.01. The zero-order chi connectivity index (χ0) is 18.1. The molecule has 3 fully saturated rings. The van der Waals surface area contributed by atoms with Gasteiger partial charge in [0.15, 0.2) is 0 Å². The van der Waals surface area contributed by atoms with Crippen molar-refractivity contribution in [3.05, 3.63) is 29.3 Å². The Hall–Kier alpha value is -1.79. The summed E-state index contributed by atoms with van der Waals surface area (Å²) in [6.45, 7) is 0.129. The van der Waals surface area contributed by atoms with Crippen molar-refractivity contribution in [1.82, 2.24) is 0 Å². The van der Waals surface area contributed by atoms with Crippen LogP contribution < -0.4 is 4.31 Å². The van der Waals surface area contributed by atoms with Crippen molar-refractivity contribution in [3.63, 3.8) is 0 Å². The Bertz CT molecular complexity index is 878. The summed E-state index contributed by atoms with van der Waals surface area (Å²) >= 11 is 0. The van der Waals surface area contributed by atoms with Crippen LogP contribution in [0.4, 0.5) is 18.9 Å². The summed E-state index contributed by atoms with van der Waals surface area (Å²) in [6, 6.07) is 4.47. The Morgan fingerprint density at radius 1 is 1.24 bits per heavy atom. The van der Waals surface area contributed by atoms with Crippen LogP contribution in [0.25, 0.3) is 0 Å². The first kappa shape index (κ1) is 16.7. The molecule has 5 nitrogen and oxygen atoms in total. The number of alkyl halides is 3. The Kier molecular flexibility index (Phi) is 3.41. The van der Waals surface area contributed by atoms with E-state index in [1.54, 1.807) is 0 Å². The van der Waals surface area contributed by atoms with Crippen molar-refractivity contribution in [3.8, 4) is 6.07 Å². The summed E-state index contributed by atoms with van der Waals surface area (Å²) in [6.07, 6.45) is -4.19. The molecule has 1 heterocycles. The molecular formula is C16H15F3N2O3S. The molecule has 2 aliphatic carbocycles. The highest BCUT2D eigenvalue weighted by atomic mass is 32.2. The highest BCUT2D eigenvalue weighted by Gasteiger charge is 2.62. The largest absolute Gasteiger partial charge is 0.417 e. The topological polar surface area (TPSA) is 81.4 Å². The molecule has 0 amide bonds. The van der Waals surface area contributed by atoms with E-state index in [4.69, 9.17) is 5.26 Å². The molecule has 134 valence electrons. The summed E-state index contributed by atoms with van der Waals surface area (Å²) in [5.41, 5.74) is -1.75. The minimum absolute atomic E-state index is 0.0744. The van der Waals surface area contributed by atoms with E-state index in [0.29, 0.717) is 12.8 Å². The fourth-order valence-corrected chi connectivity index (χ4v) is 7.35. The SMILES string of the molecule is N#Cc1ccc(N2C[C@H]3[C@@H]4C[C@@H]([C@H]3S2(=O)=O)[C@@H](O)C4)cc1C(F)(F)F. The number of sulfonamides is 1. The number of rotatable bonds is 1. The predicted molar refractivity (Wildman–Crippen MR) is 81.9 cm³/mol. The van der Waals surface area contributed by atoms with Crippen LogP contribution >= 0.6 is 0 Å². The number of fused-ring (bicyclic) bond motifs is 5. The number of aliphatic hydroxyl groups excluding tert-OH is 1. The number of benzene rings is 1. The standard InChI is InChI=1S/C16H15F3N2O3S/c17-16(18,19)13-5-10(2-1-8(13)6-20)21-7-12-9-3-11(14(22)4-9)15(12)25(21,23)24/h1-2,5,9,11-12,14-15,22H,3-4,7H2/t9-,11-,12+,14+,15-/m1/s1. The van der Waals surface area contributed by atoms with Gasteiger partial charge in [-0.15, -0.1) is 0 Å². The molecule has 0 aromatic heterocycles. The molecule has 1 aromatic carbocycles. The normalized spacial score (nSPS) is 35.6. The van der Waals surface area contributed by atoms with E-state index in [1.807, 2.05) is 0 Å². The Morgan fingerprint density at radius 3 is 2.60 bits per heavy atom. The molecule has 0 spiro atoms. The zero-order valence-corrected chi connectivity index (χ0v) is 13.8. The van der Waals surface area contributed by atoms with Crippen LogP contribution in [-0.2, 0) is 16.2 Å². The molecule has 1 N–H and O–H groups in total. The average Bonchev–Trinajstić information content (AvgIpc) is 3.15. The van der Waals surface area contributed by atoms with E-state index < -0.39 is 38.7 Å². The van der Waals surface area contributed by atoms with Crippen LogP contribution in [0, 0.1) is 29.1 Å². The van der Waals surface area contributed by atoms with Crippen LogP contribution in [0.2, 0.25) is 0 Å². The summed E-state index contributed by atoms with van der Waals surface area (Å²) in [7, 11) is -3.84. The summed E-state index contributed by atoms with van der Waals surface area (Å²) in [5, 5.41) is 18.1. The highest BCUT2D eigenvalue weighted by molar-refractivity contribution is 7.93. The molecule has 2 saturated carbocycles. The molecule has 1 aliphatic heterocycles. The van der Waals surface area contributed by atoms with Gasteiger partial charge in [0.1, 0.15) is 0 Å². The number of hydrogen-bond donors (Lipinski definition) is 1. The quantitative estimate of drug-likeness (QED) is 0.819. The maximum atomic E-state index is 13.2. The fourth-order valence-electron chi connectivity index (χ4n) is 4.79. The highest BCUT2D eigenvalue weighted by Crippen LogP contribution is 2.56. The fraction of sp³-hybridized carbons (Fsp3) is 0.562. The molecule has 9 heteroatoms. The molecule has 2 bridgehead atoms. The number of hydrogen-bond acceptors (Lipinski definition) is 4. The minimum atomic E-state index is -4.74. The van der Waals surface area contributed by atoms with E-state index in [0.717, 1.165) is 16.4 Å². The Labute approximate surface area is 142 Å². The molecular weight excluding hydrogens is 357 g/mol. The second kappa shape index (κ2) is 5.11. The molecule has 3 aliphatic rings. The number of aliphatic hydroxyl groups is 1.